The molecule has 0 atom stereocenters. The monoisotopic (exact) mass is 401 g/mol. The van der Waals surface area contributed by atoms with E-state index in [2.05, 4.69) is 39.5 Å². The van der Waals surface area contributed by atoms with Crippen LogP contribution in [-0.4, -0.2) is 29.8 Å². The van der Waals surface area contributed by atoms with Crippen molar-refractivity contribution in [3.8, 4) is 0 Å². The SMILES string of the molecule is Cc1ccc(S(=O)(=O)N2Cc3c(C)nc(N(C(C)C)C(C)C)c(C)c3C2)cc1. The van der Waals surface area contributed by atoms with Crippen molar-refractivity contribution < 1.29 is 8.42 Å². The van der Waals surface area contributed by atoms with Gasteiger partial charge in [-0.1, -0.05) is 17.7 Å². The summed E-state index contributed by atoms with van der Waals surface area (Å²) in [7, 11) is -3.53. The van der Waals surface area contributed by atoms with Gasteiger partial charge in [-0.05, 0) is 77.3 Å². The van der Waals surface area contributed by atoms with E-state index < -0.39 is 10.0 Å². The number of benzene rings is 1. The highest BCUT2D eigenvalue weighted by Gasteiger charge is 2.34. The van der Waals surface area contributed by atoms with Crippen molar-refractivity contribution in [3.05, 3.63) is 52.2 Å². The molecular formula is C22H31N3O2S. The van der Waals surface area contributed by atoms with E-state index in [1.54, 1.807) is 16.4 Å². The normalized spacial score (nSPS) is 14.8. The number of sulfonamides is 1. The molecule has 0 bridgehead atoms. The van der Waals surface area contributed by atoms with Crippen LogP contribution in [0.2, 0.25) is 0 Å². The van der Waals surface area contributed by atoms with E-state index in [-0.39, 0.29) is 0 Å². The van der Waals surface area contributed by atoms with E-state index in [4.69, 9.17) is 4.98 Å². The van der Waals surface area contributed by atoms with Gasteiger partial charge in [0.15, 0.2) is 0 Å². The van der Waals surface area contributed by atoms with Crippen LogP contribution in [0.4, 0.5) is 5.82 Å². The van der Waals surface area contributed by atoms with Crippen molar-refractivity contribution in [3.63, 3.8) is 0 Å². The van der Waals surface area contributed by atoms with Crippen LogP contribution < -0.4 is 4.90 Å². The number of fused-ring (bicyclic) bond motifs is 1. The third kappa shape index (κ3) is 3.55. The summed E-state index contributed by atoms with van der Waals surface area (Å²) in [6.45, 7) is 15.5. The summed E-state index contributed by atoms with van der Waals surface area (Å²) in [5.74, 6) is 0.968. The molecule has 2 heterocycles. The number of nitrogens with zero attached hydrogens (tertiary/aromatic N) is 3. The third-order valence-electron chi connectivity index (χ3n) is 5.55. The van der Waals surface area contributed by atoms with E-state index in [0.29, 0.717) is 30.1 Å². The molecule has 1 aromatic heterocycles. The van der Waals surface area contributed by atoms with Crippen molar-refractivity contribution in [2.45, 2.75) is 78.5 Å². The van der Waals surface area contributed by atoms with Crippen molar-refractivity contribution in [1.82, 2.24) is 9.29 Å². The van der Waals surface area contributed by atoms with Gasteiger partial charge >= 0.3 is 0 Å². The maximum Gasteiger partial charge on any atom is 0.243 e. The Morgan fingerprint density at radius 2 is 1.46 bits per heavy atom. The molecule has 3 rings (SSSR count). The Bertz CT molecular complexity index is 972. The first-order valence-corrected chi connectivity index (χ1v) is 11.3. The Hall–Kier alpha value is -1.92. The maximum absolute atomic E-state index is 13.2. The predicted molar refractivity (Wildman–Crippen MR) is 114 cm³/mol. The van der Waals surface area contributed by atoms with Crippen molar-refractivity contribution in [2.24, 2.45) is 0 Å². The fourth-order valence-corrected chi connectivity index (χ4v) is 5.46. The number of aromatic nitrogens is 1. The van der Waals surface area contributed by atoms with Gasteiger partial charge in [0, 0.05) is 30.9 Å². The standard InChI is InChI=1S/C22H31N3O2S/c1-14(2)25(15(3)4)22-17(6)20-12-24(13-21(20)18(7)23-22)28(26,27)19-10-8-16(5)9-11-19/h8-11,14-15H,12-13H2,1-7H3. The largest absolute Gasteiger partial charge is 0.352 e. The molecule has 0 fully saturated rings. The molecule has 0 saturated heterocycles. The summed E-state index contributed by atoms with van der Waals surface area (Å²) >= 11 is 0. The Labute approximate surface area is 169 Å². The molecule has 152 valence electrons. The van der Waals surface area contributed by atoms with Gasteiger partial charge in [0.25, 0.3) is 0 Å². The highest BCUT2D eigenvalue weighted by Crippen LogP contribution is 2.36. The zero-order chi connectivity index (χ0) is 20.8. The minimum Gasteiger partial charge on any atom is -0.352 e. The third-order valence-corrected chi connectivity index (χ3v) is 7.35. The van der Waals surface area contributed by atoms with Crippen LogP contribution in [-0.2, 0) is 23.1 Å². The Morgan fingerprint density at radius 1 is 0.929 bits per heavy atom. The zero-order valence-corrected chi connectivity index (χ0v) is 18.8. The summed E-state index contributed by atoms with van der Waals surface area (Å²) < 4.78 is 27.9. The Balaban J connectivity index is 2.02. The van der Waals surface area contributed by atoms with E-state index >= 15 is 0 Å². The molecule has 1 aliphatic rings. The van der Waals surface area contributed by atoms with Gasteiger partial charge in [-0.15, -0.1) is 0 Å². The molecule has 0 aliphatic carbocycles. The topological polar surface area (TPSA) is 53.5 Å². The second-order valence-corrected chi connectivity index (χ2v) is 10.2. The van der Waals surface area contributed by atoms with Crippen LogP contribution in [0.5, 0.6) is 0 Å². The fraction of sp³-hybridized carbons (Fsp3) is 0.500. The second kappa shape index (κ2) is 7.48. The molecule has 1 aliphatic heterocycles. The highest BCUT2D eigenvalue weighted by atomic mass is 32.2. The number of rotatable bonds is 5. The van der Waals surface area contributed by atoms with E-state index in [9.17, 15) is 8.42 Å². The van der Waals surface area contributed by atoms with Crippen molar-refractivity contribution in [2.75, 3.05) is 4.90 Å². The summed E-state index contributed by atoms with van der Waals surface area (Å²) in [6, 6.07) is 7.70. The van der Waals surface area contributed by atoms with Crippen molar-refractivity contribution >= 4 is 15.8 Å². The summed E-state index contributed by atoms with van der Waals surface area (Å²) in [5.41, 5.74) is 5.20. The lowest BCUT2D eigenvalue weighted by Crippen LogP contribution is -2.38. The molecule has 0 amide bonds. The van der Waals surface area contributed by atoms with E-state index in [1.165, 1.54) is 0 Å². The van der Waals surface area contributed by atoms with Gasteiger partial charge in [0.2, 0.25) is 10.0 Å². The molecule has 28 heavy (non-hydrogen) atoms. The summed E-state index contributed by atoms with van der Waals surface area (Å²) in [6.07, 6.45) is 0. The number of anilines is 1. The summed E-state index contributed by atoms with van der Waals surface area (Å²) in [5, 5.41) is 0. The van der Waals surface area contributed by atoms with E-state index in [0.717, 1.165) is 33.8 Å². The van der Waals surface area contributed by atoms with Crippen LogP contribution in [0.25, 0.3) is 0 Å². The lowest BCUT2D eigenvalue weighted by atomic mass is 10.0. The van der Waals surface area contributed by atoms with Gasteiger partial charge in [-0.25, -0.2) is 13.4 Å². The lowest BCUT2D eigenvalue weighted by molar-refractivity contribution is 0.431. The molecule has 6 heteroatoms. The molecule has 0 saturated carbocycles. The first-order valence-electron chi connectivity index (χ1n) is 9.88. The molecule has 0 radical (unpaired) electrons. The van der Waals surface area contributed by atoms with Crippen LogP contribution in [0.3, 0.4) is 0 Å². The summed E-state index contributed by atoms with van der Waals surface area (Å²) in [4.78, 5) is 7.55. The van der Waals surface area contributed by atoms with Crippen molar-refractivity contribution in [1.29, 1.82) is 0 Å². The van der Waals surface area contributed by atoms with Crippen LogP contribution >= 0.6 is 0 Å². The predicted octanol–water partition coefficient (Wildman–Crippen LogP) is 4.33. The molecular weight excluding hydrogens is 370 g/mol. The van der Waals surface area contributed by atoms with Gasteiger partial charge in [0.1, 0.15) is 5.82 Å². The van der Waals surface area contributed by atoms with Crippen LogP contribution in [0.1, 0.15) is 55.6 Å². The quantitative estimate of drug-likeness (QED) is 0.748. The average molecular weight is 402 g/mol. The number of hydrogen-bond donors (Lipinski definition) is 0. The highest BCUT2D eigenvalue weighted by molar-refractivity contribution is 7.89. The van der Waals surface area contributed by atoms with Gasteiger partial charge < -0.3 is 4.90 Å². The molecule has 0 N–H and O–H groups in total. The Morgan fingerprint density at radius 3 is 2.00 bits per heavy atom. The average Bonchev–Trinajstić information content (AvgIpc) is 3.06. The lowest BCUT2D eigenvalue weighted by Gasteiger charge is -2.34. The zero-order valence-electron chi connectivity index (χ0n) is 17.9. The molecule has 0 unspecified atom stereocenters. The minimum absolute atomic E-state index is 0.317. The first-order chi connectivity index (χ1) is 13.0. The van der Waals surface area contributed by atoms with Gasteiger partial charge in [-0.3, -0.25) is 0 Å². The maximum atomic E-state index is 13.2. The smallest absolute Gasteiger partial charge is 0.243 e. The number of aryl methyl sites for hydroxylation is 2. The van der Waals surface area contributed by atoms with Gasteiger partial charge in [0.05, 0.1) is 4.90 Å². The van der Waals surface area contributed by atoms with Gasteiger partial charge in [-0.2, -0.15) is 4.31 Å². The van der Waals surface area contributed by atoms with Crippen LogP contribution in [0, 0.1) is 20.8 Å². The molecule has 5 nitrogen and oxygen atoms in total. The molecule has 2 aromatic rings. The minimum atomic E-state index is -3.53. The molecule has 1 aromatic carbocycles. The second-order valence-electron chi connectivity index (χ2n) is 8.28. The van der Waals surface area contributed by atoms with E-state index in [1.807, 2.05) is 26.0 Å². The first kappa shape index (κ1) is 20.8. The Kier molecular flexibility index (Phi) is 5.56. The molecule has 0 spiro atoms. The number of hydrogen-bond acceptors (Lipinski definition) is 4. The number of pyridine rings is 1. The fourth-order valence-electron chi connectivity index (χ4n) is 4.09. The van der Waals surface area contributed by atoms with Crippen LogP contribution in [0.15, 0.2) is 29.2 Å².